The van der Waals surface area contributed by atoms with Crippen LogP contribution in [0.15, 0.2) is 53.3 Å². The lowest BCUT2D eigenvalue weighted by molar-refractivity contribution is -0.153. The fourth-order valence-electron chi connectivity index (χ4n) is 6.34. The van der Waals surface area contributed by atoms with Gasteiger partial charge < -0.3 is 26.2 Å². The van der Waals surface area contributed by atoms with Gasteiger partial charge in [-0.15, -0.1) is 0 Å². The number of Topliss-reactive ketones (excluding diaryl/α,β-unsaturated/α-hetero) is 2. The van der Waals surface area contributed by atoms with Gasteiger partial charge in [0, 0.05) is 28.3 Å². The van der Waals surface area contributed by atoms with Gasteiger partial charge in [-0.3, -0.25) is 24.0 Å². The van der Waals surface area contributed by atoms with Gasteiger partial charge in [-0.05, 0) is 74.8 Å². The number of sulfonamides is 1. The number of amides is 1. The highest BCUT2D eigenvalue weighted by Gasteiger charge is 2.64. The van der Waals surface area contributed by atoms with Gasteiger partial charge >= 0.3 is 0 Å². The Balaban J connectivity index is 1.60. The first-order valence-electron chi connectivity index (χ1n) is 13.2. The summed E-state index contributed by atoms with van der Waals surface area (Å²) in [6.45, 7) is 0. The topological polar surface area (TPSA) is 208 Å². The van der Waals surface area contributed by atoms with Crippen LogP contribution in [0.1, 0.15) is 28.7 Å². The number of nitrogens with zero attached hydrogens (tertiary/aromatic N) is 1. The Hall–Kier alpha value is -4.64. The smallest absolute Gasteiger partial charge is 0.255 e. The van der Waals surface area contributed by atoms with Crippen molar-refractivity contribution in [3.63, 3.8) is 0 Å². The Labute approximate surface area is 247 Å². The number of anilines is 1. The standard InChI is InChI=1S/C30H29N3O9S/c1-33(2)24-19-13-16-12-18-15(7-4-14-5-9-17(10-6-14)32-43(3,41)42)8-11-20(34)22(18)25(35)21(16)27(37)30(19,40)28(38)23(26(24)36)29(31)39/h5-6,8-11,16,19,24,32,34-35,38,40H,12-13H2,1-3H3,(H2,31,39)/t16-,19-,24-,30-/m0/s1. The molecular weight excluding hydrogens is 578 g/mol. The van der Waals surface area contributed by atoms with Crippen molar-refractivity contribution in [1.82, 2.24) is 4.90 Å². The molecule has 2 aromatic rings. The maximum absolute atomic E-state index is 13.9. The van der Waals surface area contributed by atoms with E-state index in [9.17, 15) is 43.2 Å². The van der Waals surface area contributed by atoms with Crippen LogP contribution in [0.25, 0.3) is 5.76 Å². The van der Waals surface area contributed by atoms with Crippen LogP contribution in [0.3, 0.4) is 0 Å². The lowest BCUT2D eigenvalue weighted by Gasteiger charge is -2.50. The zero-order valence-electron chi connectivity index (χ0n) is 23.4. The molecular formula is C30H29N3O9S. The highest BCUT2D eigenvalue weighted by atomic mass is 32.2. The van der Waals surface area contributed by atoms with Crippen LogP contribution in [-0.2, 0) is 30.8 Å². The summed E-state index contributed by atoms with van der Waals surface area (Å²) in [7, 11) is -0.385. The second-order valence-electron chi connectivity index (χ2n) is 11.1. The van der Waals surface area contributed by atoms with Crippen molar-refractivity contribution >= 4 is 38.9 Å². The number of nitrogens with two attached hydrogens (primary N) is 1. The van der Waals surface area contributed by atoms with Crippen LogP contribution in [0.2, 0.25) is 0 Å². The highest BCUT2D eigenvalue weighted by Crippen LogP contribution is 2.52. The van der Waals surface area contributed by atoms with Crippen LogP contribution < -0.4 is 10.5 Å². The third-order valence-corrected chi connectivity index (χ3v) is 8.74. The Morgan fingerprint density at radius 2 is 1.72 bits per heavy atom. The molecule has 0 bridgehead atoms. The molecule has 2 aromatic carbocycles. The number of carbonyl (C=O) groups is 3. The normalized spacial score (nSPS) is 25.0. The molecule has 0 radical (unpaired) electrons. The molecule has 4 atom stereocenters. The summed E-state index contributed by atoms with van der Waals surface area (Å²) in [5.74, 6) is -1.25. The predicted octanol–water partition coefficient (Wildman–Crippen LogP) is 0.735. The second-order valence-corrected chi connectivity index (χ2v) is 12.9. The number of nitrogens with one attached hydrogen (secondary N) is 1. The van der Waals surface area contributed by atoms with E-state index >= 15 is 0 Å². The molecule has 0 aromatic heterocycles. The van der Waals surface area contributed by atoms with Crippen molar-refractivity contribution in [2.45, 2.75) is 24.5 Å². The number of aliphatic hydroxyl groups is 3. The lowest BCUT2D eigenvalue weighted by atomic mass is 9.57. The van der Waals surface area contributed by atoms with Gasteiger partial charge in [0.05, 0.1) is 17.9 Å². The molecule has 12 nitrogen and oxygen atoms in total. The summed E-state index contributed by atoms with van der Waals surface area (Å²) in [4.78, 5) is 40.7. The number of aliphatic hydroxyl groups excluding tert-OH is 2. The van der Waals surface area contributed by atoms with E-state index in [1.807, 2.05) is 0 Å². The Morgan fingerprint density at radius 1 is 1.07 bits per heavy atom. The quantitative estimate of drug-likeness (QED) is 0.212. The average molecular weight is 608 g/mol. The molecule has 5 rings (SSSR count). The van der Waals surface area contributed by atoms with Crippen LogP contribution in [0, 0.1) is 23.7 Å². The number of primary amides is 1. The van der Waals surface area contributed by atoms with E-state index in [0.717, 1.165) is 6.26 Å². The summed E-state index contributed by atoms with van der Waals surface area (Å²) in [6, 6.07) is 8.01. The highest BCUT2D eigenvalue weighted by molar-refractivity contribution is 7.92. The second kappa shape index (κ2) is 10.3. The van der Waals surface area contributed by atoms with E-state index in [-0.39, 0.29) is 29.7 Å². The summed E-state index contributed by atoms with van der Waals surface area (Å²) in [5.41, 5.74) is 3.24. The van der Waals surface area contributed by atoms with Crippen molar-refractivity contribution in [2.75, 3.05) is 25.1 Å². The number of fused-ring (bicyclic) bond motifs is 3. The molecule has 3 aliphatic carbocycles. The molecule has 0 spiro atoms. The maximum Gasteiger partial charge on any atom is 0.255 e. The minimum atomic E-state index is -3.45. The summed E-state index contributed by atoms with van der Waals surface area (Å²) >= 11 is 0. The summed E-state index contributed by atoms with van der Waals surface area (Å²) in [6.07, 6.45) is 1.10. The number of phenols is 1. The van der Waals surface area contributed by atoms with Gasteiger partial charge in [0.25, 0.3) is 5.91 Å². The van der Waals surface area contributed by atoms with E-state index in [1.54, 1.807) is 30.3 Å². The predicted molar refractivity (Wildman–Crippen MR) is 155 cm³/mol. The average Bonchev–Trinajstić information content (AvgIpc) is 2.90. The maximum atomic E-state index is 13.9. The van der Waals surface area contributed by atoms with Gasteiger partial charge in [0.15, 0.2) is 11.4 Å². The zero-order valence-corrected chi connectivity index (χ0v) is 24.2. The van der Waals surface area contributed by atoms with Crippen molar-refractivity contribution in [1.29, 1.82) is 0 Å². The first-order chi connectivity index (χ1) is 20.1. The molecule has 1 fully saturated rings. The summed E-state index contributed by atoms with van der Waals surface area (Å²) < 4.78 is 25.3. The molecule has 0 unspecified atom stereocenters. The molecule has 13 heteroatoms. The van der Waals surface area contributed by atoms with E-state index in [0.29, 0.717) is 22.4 Å². The molecule has 43 heavy (non-hydrogen) atoms. The molecule has 224 valence electrons. The van der Waals surface area contributed by atoms with Crippen LogP contribution in [0.4, 0.5) is 5.69 Å². The molecule has 0 aliphatic heterocycles. The zero-order chi connectivity index (χ0) is 31.6. The first kappa shape index (κ1) is 29.8. The number of benzene rings is 2. The molecule has 0 saturated heterocycles. The Morgan fingerprint density at radius 3 is 2.30 bits per heavy atom. The number of hydrogen-bond acceptors (Lipinski definition) is 10. The monoisotopic (exact) mass is 607 g/mol. The van der Waals surface area contributed by atoms with Crippen molar-refractivity contribution < 1.29 is 43.2 Å². The number of aromatic hydroxyl groups is 1. The first-order valence-corrected chi connectivity index (χ1v) is 15.0. The van der Waals surface area contributed by atoms with E-state index in [1.165, 1.54) is 25.1 Å². The fourth-order valence-corrected chi connectivity index (χ4v) is 6.90. The molecule has 7 N–H and O–H groups in total. The number of rotatable bonds is 4. The van der Waals surface area contributed by atoms with Crippen molar-refractivity contribution in [3.8, 4) is 17.6 Å². The Bertz CT molecular complexity index is 1830. The van der Waals surface area contributed by atoms with E-state index < -0.39 is 68.1 Å². The molecule has 1 saturated carbocycles. The number of ketones is 2. The van der Waals surface area contributed by atoms with Gasteiger partial charge in [-0.2, -0.15) is 0 Å². The minimum Gasteiger partial charge on any atom is -0.508 e. The van der Waals surface area contributed by atoms with Gasteiger partial charge in [-0.1, -0.05) is 11.8 Å². The molecule has 1 amide bonds. The number of hydrogen-bond donors (Lipinski definition) is 6. The third kappa shape index (κ3) is 4.83. The number of carbonyl (C=O) groups excluding carboxylic acids is 3. The van der Waals surface area contributed by atoms with E-state index in [4.69, 9.17) is 5.73 Å². The van der Waals surface area contributed by atoms with Gasteiger partial charge in [0.1, 0.15) is 22.8 Å². The summed E-state index contributed by atoms with van der Waals surface area (Å²) in [5, 5.41) is 44.7. The largest absolute Gasteiger partial charge is 0.508 e. The van der Waals surface area contributed by atoms with Crippen molar-refractivity contribution in [2.24, 2.45) is 17.6 Å². The lowest BCUT2D eigenvalue weighted by Crippen LogP contribution is -2.65. The Kier molecular flexibility index (Phi) is 7.12. The number of phenolic OH excluding ortho intramolecular Hbond substituents is 1. The van der Waals surface area contributed by atoms with Crippen LogP contribution in [-0.4, -0.2) is 83.2 Å². The van der Waals surface area contributed by atoms with Gasteiger partial charge in [0.2, 0.25) is 15.8 Å². The minimum absolute atomic E-state index is 0.0386. The van der Waals surface area contributed by atoms with Gasteiger partial charge in [-0.25, -0.2) is 8.42 Å². The van der Waals surface area contributed by atoms with Crippen molar-refractivity contribution in [3.05, 3.63) is 75.6 Å². The van der Waals surface area contributed by atoms with Crippen LogP contribution in [0.5, 0.6) is 5.75 Å². The third-order valence-electron chi connectivity index (χ3n) is 8.13. The molecule has 0 heterocycles. The fraction of sp³-hybridized carbons (Fsp3) is 0.300. The van der Waals surface area contributed by atoms with Crippen LogP contribution >= 0.6 is 0 Å². The molecule has 3 aliphatic rings. The van der Waals surface area contributed by atoms with E-state index in [2.05, 4.69) is 16.6 Å². The SMILES string of the molecule is CN(C)[C@@H]1C(=O)C(C(N)=O)=C(O)[C@@]2(O)C(=O)C3=C(O)c4c(O)ccc(C#Cc5ccc(NS(C)(=O)=O)cc5)c4C[C@H]3C[C@@H]12. The number of likely N-dealkylation sites (N-methyl/N-ethyl adjacent to an activating group) is 1.